The second-order valence-electron chi connectivity index (χ2n) is 7.04. The summed E-state index contributed by atoms with van der Waals surface area (Å²) in [5.74, 6) is 0.741. The molecule has 4 aromatic rings. The molecule has 7 heteroatoms. The molecular weight excluding hydrogens is 366 g/mol. The van der Waals surface area contributed by atoms with E-state index >= 15 is 0 Å². The summed E-state index contributed by atoms with van der Waals surface area (Å²) in [4.78, 5) is 19.0. The molecule has 144 valence electrons. The number of hydrogen-bond acceptors (Lipinski definition) is 5. The lowest BCUT2D eigenvalue weighted by Gasteiger charge is -2.38. The number of aromatic nitrogens is 4. The van der Waals surface area contributed by atoms with Gasteiger partial charge in [0.1, 0.15) is 23.7 Å². The quantitative estimate of drug-likeness (QED) is 0.528. The smallest absolute Gasteiger partial charge is 0.272 e. The predicted molar refractivity (Wildman–Crippen MR) is 107 cm³/mol. The van der Waals surface area contributed by atoms with E-state index in [-0.39, 0.29) is 11.9 Å². The summed E-state index contributed by atoms with van der Waals surface area (Å²) < 4.78 is 7.51. The van der Waals surface area contributed by atoms with Gasteiger partial charge < -0.3 is 9.64 Å². The lowest BCUT2D eigenvalue weighted by atomic mass is 10.1. The lowest BCUT2D eigenvalue weighted by molar-refractivity contribution is 0.0493. The zero-order valence-corrected chi connectivity index (χ0v) is 15.7. The molecule has 0 radical (unpaired) electrons. The zero-order valence-electron chi connectivity index (χ0n) is 15.7. The highest BCUT2D eigenvalue weighted by Crippen LogP contribution is 2.23. The van der Waals surface area contributed by atoms with E-state index in [4.69, 9.17) is 4.74 Å². The van der Waals surface area contributed by atoms with E-state index in [0.29, 0.717) is 25.4 Å². The van der Waals surface area contributed by atoms with Crippen LogP contribution in [0.1, 0.15) is 22.2 Å². The van der Waals surface area contributed by atoms with Crippen molar-refractivity contribution in [2.45, 2.75) is 12.6 Å². The largest absolute Gasteiger partial charge is 0.487 e. The van der Waals surface area contributed by atoms with Crippen LogP contribution < -0.4 is 4.74 Å². The summed E-state index contributed by atoms with van der Waals surface area (Å²) >= 11 is 0. The summed E-state index contributed by atoms with van der Waals surface area (Å²) in [7, 11) is 0. The molecule has 0 aliphatic carbocycles. The van der Waals surface area contributed by atoms with Crippen LogP contribution in [0.3, 0.4) is 0 Å². The van der Waals surface area contributed by atoms with E-state index in [1.807, 2.05) is 66.9 Å². The van der Waals surface area contributed by atoms with Crippen LogP contribution >= 0.6 is 0 Å². The predicted octanol–water partition coefficient (Wildman–Crippen LogP) is 3.10. The second kappa shape index (κ2) is 7.35. The van der Waals surface area contributed by atoms with E-state index in [9.17, 15) is 4.79 Å². The van der Waals surface area contributed by atoms with Crippen LogP contribution in [-0.2, 0) is 6.61 Å². The third-order valence-electron chi connectivity index (χ3n) is 5.03. The molecule has 0 atom stereocenters. The number of carbonyl (C=O) groups excluding carboxylic acids is 1. The highest BCUT2D eigenvalue weighted by Gasteiger charge is 2.33. The number of nitrogens with zero attached hydrogens (tertiary/aromatic N) is 5. The van der Waals surface area contributed by atoms with Gasteiger partial charge in [-0.3, -0.25) is 4.79 Å². The van der Waals surface area contributed by atoms with E-state index < -0.39 is 0 Å². The topological polar surface area (TPSA) is 73.1 Å². The molecule has 1 fully saturated rings. The fourth-order valence-corrected chi connectivity index (χ4v) is 3.37. The molecule has 1 aliphatic heterocycles. The Balaban J connectivity index is 1.19. The maximum Gasteiger partial charge on any atom is 0.272 e. The molecule has 0 saturated carbocycles. The number of rotatable bonds is 5. The van der Waals surface area contributed by atoms with Gasteiger partial charge in [0.2, 0.25) is 0 Å². The Morgan fingerprint density at radius 3 is 2.66 bits per heavy atom. The number of para-hydroxylation sites is 2. The standard InChI is InChI=1S/C22H19N5O2/c28-22(21-11-10-16-6-4-5-9-20(16)23-21)26-13-18(14-26)27-12-17(24-25-27)15-29-19-7-2-1-3-8-19/h1-12,18H,13-15H2. The molecular formula is C22H19N5O2. The number of amides is 1. The van der Waals surface area contributed by atoms with E-state index in [1.165, 1.54) is 0 Å². The van der Waals surface area contributed by atoms with E-state index in [1.54, 1.807) is 15.6 Å². The molecule has 0 N–H and O–H groups in total. The summed E-state index contributed by atoms with van der Waals surface area (Å²) in [6.07, 6.45) is 1.88. The maximum atomic E-state index is 12.7. The minimum Gasteiger partial charge on any atom is -0.487 e. The molecule has 5 rings (SSSR count). The first kappa shape index (κ1) is 17.4. The van der Waals surface area contributed by atoms with Crippen molar-refractivity contribution in [3.05, 3.63) is 84.3 Å². The van der Waals surface area contributed by atoms with Gasteiger partial charge in [-0.15, -0.1) is 5.10 Å². The number of carbonyl (C=O) groups is 1. The van der Waals surface area contributed by atoms with Crippen LogP contribution in [0, 0.1) is 0 Å². The molecule has 1 amide bonds. The Morgan fingerprint density at radius 2 is 1.79 bits per heavy atom. The van der Waals surface area contributed by atoms with Crippen molar-refractivity contribution in [3.63, 3.8) is 0 Å². The van der Waals surface area contributed by atoms with Gasteiger partial charge in [-0.25, -0.2) is 9.67 Å². The average Bonchev–Trinajstić information content (AvgIpc) is 3.20. The molecule has 0 unspecified atom stereocenters. The van der Waals surface area contributed by atoms with Crippen molar-refractivity contribution in [1.82, 2.24) is 24.9 Å². The van der Waals surface area contributed by atoms with Gasteiger partial charge in [-0.05, 0) is 24.3 Å². The first-order valence-corrected chi connectivity index (χ1v) is 9.50. The Bertz CT molecular complexity index is 1150. The van der Waals surface area contributed by atoms with Crippen molar-refractivity contribution < 1.29 is 9.53 Å². The Labute approximate surface area is 167 Å². The molecule has 3 heterocycles. The van der Waals surface area contributed by atoms with Crippen LogP contribution in [0.15, 0.2) is 72.9 Å². The molecule has 1 saturated heterocycles. The molecule has 2 aromatic carbocycles. The van der Waals surface area contributed by atoms with Gasteiger partial charge in [-0.1, -0.05) is 47.7 Å². The first-order valence-electron chi connectivity index (χ1n) is 9.50. The summed E-state index contributed by atoms with van der Waals surface area (Å²) in [5, 5.41) is 9.39. The highest BCUT2D eigenvalue weighted by atomic mass is 16.5. The van der Waals surface area contributed by atoms with Gasteiger partial charge >= 0.3 is 0 Å². The average molecular weight is 385 g/mol. The summed E-state index contributed by atoms with van der Waals surface area (Å²) in [5.41, 5.74) is 2.06. The van der Waals surface area contributed by atoms with E-state index in [0.717, 1.165) is 22.3 Å². The molecule has 7 nitrogen and oxygen atoms in total. The van der Waals surface area contributed by atoms with Crippen LogP contribution in [0.4, 0.5) is 0 Å². The van der Waals surface area contributed by atoms with Crippen molar-refractivity contribution in [2.75, 3.05) is 13.1 Å². The van der Waals surface area contributed by atoms with Crippen molar-refractivity contribution >= 4 is 16.8 Å². The third kappa shape index (κ3) is 3.54. The molecule has 2 aromatic heterocycles. The van der Waals surface area contributed by atoms with Crippen LogP contribution in [0.5, 0.6) is 5.75 Å². The fraction of sp³-hybridized carbons (Fsp3) is 0.182. The van der Waals surface area contributed by atoms with E-state index in [2.05, 4.69) is 15.3 Å². The fourth-order valence-electron chi connectivity index (χ4n) is 3.37. The van der Waals surface area contributed by atoms with Crippen LogP contribution in [0.25, 0.3) is 10.9 Å². The Hall–Kier alpha value is -3.74. The SMILES string of the molecule is O=C(c1ccc2ccccc2n1)N1CC(n2cc(COc3ccccc3)nn2)C1. The van der Waals surface area contributed by atoms with Gasteiger partial charge in [0, 0.05) is 18.5 Å². The molecule has 0 spiro atoms. The van der Waals surface area contributed by atoms with Crippen molar-refractivity contribution in [2.24, 2.45) is 0 Å². The Kier molecular flexibility index (Phi) is 4.40. The summed E-state index contributed by atoms with van der Waals surface area (Å²) in [6.45, 7) is 1.55. The zero-order chi connectivity index (χ0) is 19.6. The minimum atomic E-state index is -0.0558. The second-order valence-corrected chi connectivity index (χ2v) is 7.04. The number of hydrogen-bond donors (Lipinski definition) is 0. The molecule has 1 aliphatic rings. The normalized spacial score (nSPS) is 14.0. The molecule has 0 bridgehead atoms. The Morgan fingerprint density at radius 1 is 1.00 bits per heavy atom. The monoisotopic (exact) mass is 385 g/mol. The van der Waals surface area contributed by atoms with Crippen LogP contribution in [0.2, 0.25) is 0 Å². The van der Waals surface area contributed by atoms with Gasteiger partial charge in [0.25, 0.3) is 5.91 Å². The van der Waals surface area contributed by atoms with Gasteiger partial charge in [0.05, 0.1) is 17.8 Å². The number of benzene rings is 2. The van der Waals surface area contributed by atoms with Crippen LogP contribution in [-0.4, -0.2) is 43.9 Å². The van der Waals surface area contributed by atoms with Gasteiger partial charge in [0.15, 0.2) is 0 Å². The minimum absolute atomic E-state index is 0.0558. The van der Waals surface area contributed by atoms with Crippen molar-refractivity contribution in [1.29, 1.82) is 0 Å². The number of pyridine rings is 1. The maximum absolute atomic E-state index is 12.7. The number of likely N-dealkylation sites (tertiary alicyclic amines) is 1. The summed E-state index contributed by atoms with van der Waals surface area (Å²) in [6, 6.07) is 21.2. The first-order chi connectivity index (χ1) is 14.3. The lowest BCUT2D eigenvalue weighted by Crippen LogP contribution is -2.51. The number of fused-ring (bicyclic) bond motifs is 1. The van der Waals surface area contributed by atoms with Gasteiger partial charge in [-0.2, -0.15) is 0 Å². The third-order valence-corrected chi connectivity index (χ3v) is 5.03. The number of ether oxygens (including phenoxy) is 1. The molecule has 29 heavy (non-hydrogen) atoms. The highest BCUT2D eigenvalue weighted by molar-refractivity contribution is 5.95. The van der Waals surface area contributed by atoms with Crippen molar-refractivity contribution in [3.8, 4) is 5.75 Å².